The van der Waals surface area contributed by atoms with Crippen molar-refractivity contribution >= 4 is 17.4 Å². The average Bonchev–Trinajstić information content (AvgIpc) is 3.35. The van der Waals surface area contributed by atoms with E-state index >= 15 is 0 Å². The highest BCUT2D eigenvalue weighted by atomic mass is 19.4. The maximum absolute atomic E-state index is 12.9. The number of halogens is 3. The quantitative estimate of drug-likeness (QED) is 0.492. The minimum Gasteiger partial charge on any atom is -0.323 e. The minimum atomic E-state index is -4.65. The number of benzene rings is 1. The Morgan fingerprint density at radius 1 is 1.12 bits per heavy atom. The number of fused-ring (bicyclic) bond motifs is 1. The molecule has 4 aromatic rings. The highest BCUT2D eigenvalue weighted by Gasteiger charge is 2.36. The van der Waals surface area contributed by atoms with Crippen LogP contribution in [0.15, 0.2) is 42.7 Å². The van der Waals surface area contributed by atoms with Crippen LogP contribution in [0.4, 0.5) is 18.9 Å². The van der Waals surface area contributed by atoms with E-state index in [0.29, 0.717) is 35.6 Å². The minimum absolute atomic E-state index is 0.119. The van der Waals surface area contributed by atoms with E-state index in [1.54, 1.807) is 30.9 Å². The molecule has 0 fully saturated rings. The molecule has 0 spiro atoms. The molecule has 32 heavy (non-hydrogen) atoms. The van der Waals surface area contributed by atoms with Crippen LogP contribution in [0, 0.1) is 13.8 Å². The summed E-state index contributed by atoms with van der Waals surface area (Å²) in [7, 11) is 0. The number of nitrogens with zero attached hydrogens (tertiary/aromatic N) is 6. The standard InChI is InChI=1S/C21H20F3N7O/c1-13-17(14(2)31-20(26-13)28-19(29-31)21(22,23)24)8-9-18(32)27-16-10-25-30(12-16)11-15-6-4-3-5-7-15/h3-7,10,12H,8-9,11H2,1-2H3,(H,27,32). The summed E-state index contributed by atoms with van der Waals surface area (Å²) in [5, 5.41) is 10.6. The lowest BCUT2D eigenvalue weighted by atomic mass is 10.1. The summed E-state index contributed by atoms with van der Waals surface area (Å²) in [6.07, 6.45) is -0.924. The van der Waals surface area contributed by atoms with Crippen molar-refractivity contribution in [2.24, 2.45) is 0 Å². The van der Waals surface area contributed by atoms with Gasteiger partial charge in [-0.2, -0.15) is 23.3 Å². The molecule has 0 saturated heterocycles. The van der Waals surface area contributed by atoms with E-state index in [2.05, 4.69) is 25.5 Å². The van der Waals surface area contributed by atoms with Crippen LogP contribution in [-0.4, -0.2) is 35.3 Å². The lowest BCUT2D eigenvalue weighted by molar-refractivity contribution is -0.144. The predicted molar refractivity (Wildman–Crippen MR) is 110 cm³/mol. The summed E-state index contributed by atoms with van der Waals surface area (Å²) in [6.45, 7) is 3.89. The Bertz CT molecular complexity index is 1260. The Labute approximate surface area is 181 Å². The first kappa shape index (κ1) is 21.5. The molecular formula is C21H20F3N7O. The van der Waals surface area contributed by atoms with Crippen LogP contribution in [-0.2, 0) is 23.9 Å². The first-order chi connectivity index (χ1) is 15.2. The number of carbonyl (C=O) groups excluding carboxylic acids is 1. The molecule has 166 valence electrons. The van der Waals surface area contributed by atoms with Gasteiger partial charge in [0.05, 0.1) is 18.4 Å². The van der Waals surface area contributed by atoms with Crippen molar-refractivity contribution < 1.29 is 18.0 Å². The van der Waals surface area contributed by atoms with Gasteiger partial charge in [0.15, 0.2) is 0 Å². The molecule has 4 rings (SSSR count). The van der Waals surface area contributed by atoms with Gasteiger partial charge in [-0.05, 0) is 31.4 Å². The van der Waals surface area contributed by atoms with Crippen molar-refractivity contribution in [1.82, 2.24) is 29.4 Å². The molecule has 0 bridgehead atoms. The van der Waals surface area contributed by atoms with Crippen LogP contribution in [0.1, 0.15) is 34.8 Å². The molecule has 8 nitrogen and oxygen atoms in total. The smallest absolute Gasteiger partial charge is 0.323 e. The van der Waals surface area contributed by atoms with E-state index in [-0.39, 0.29) is 18.1 Å². The lowest BCUT2D eigenvalue weighted by Crippen LogP contribution is -2.14. The molecule has 0 aliphatic heterocycles. The average molecular weight is 443 g/mol. The molecule has 1 amide bonds. The van der Waals surface area contributed by atoms with Crippen LogP contribution < -0.4 is 5.32 Å². The monoisotopic (exact) mass is 443 g/mol. The van der Waals surface area contributed by atoms with E-state index in [0.717, 1.165) is 10.1 Å². The topological polar surface area (TPSA) is 90.0 Å². The number of nitrogens with one attached hydrogen (secondary N) is 1. The predicted octanol–water partition coefficient (Wildman–Crippen LogP) is 3.58. The van der Waals surface area contributed by atoms with Gasteiger partial charge < -0.3 is 5.32 Å². The van der Waals surface area contributed by atoms with Crippen LogP contribution >= 0.6 is 0 Å². The summed E-state index contributed by atoms with van der Waals surface area (Å²) in [6, 6.07) is 9.80. The summed E-state index contributed by atoms with van der Waals surface area (Å²) in [4.78, 5) is 20.0. The van der Waals surface area contributed by atoms with Gasteiger partial charge in [0, 0.05) is 24.0 Å². The van der Waals surface area contributed by atoms with Gasteiger partial charge in [0.25, 0.3) is 11.6 Å². The summed E-state index contributed by atoms with van der Waals surface area (Å²) in [5.41, 5.74) is 3.30. The molecule has 3 aromatic heterocycles. The first-order valence-electron chi connectivity index (χ1n) is 9.87. The summed E-state index contributed by atoms with van der Waals surface area (Å²) >= 11 is 0. The summed E-state index contributed by atoms with van der Waals surface area (Å²) < 4.78 is 41.5. The van der Waals surface area contributed by atoms with E-state index in [4.69, 9.17) is 0 Å². The number of aryl methyl sites for hydroxylation is 2. The highest BCUT2D eigenvalue weighted by molar-refractivity contribution is 5.90. The number of rotatable bonds is 6. The van der Waals surface area contributed by atoms with Crippen LogP contribution in [0.5, 0.6) is 0 Å². The van der Waals surface area contributed by atoms with Gasteiger partial charge in [-0.3, -0.25) is 9.48 Å². The van der Waals surface area contributed by atoms with E-state index in [1.165, 1.54) is 0 Å². The van der Waals surface area contributed by atoms with Crippen molar-refractivity contribution in [3.05, 3.63) is 71.1 Å². The van der Waals surface area contributed by atoms with Crippen molar-refractivity contribution in [3.8, 4) is 0 Å². The Morgan fingerprint density at radius 2 is 1.88 bits per heavy atom. The van der Waals surface area contributed by atoms with Crippen molar-refractivity contribution in [1.29, 1.82) is 0 Å². The molecular weight excluding hydrogens is 423 g/mol. The Balaban J connectivity index is 1.42. The number of alkyl halides is 3. The fraction of sp³-hybridized carbons (Fsp3) is 0.286. The van der Waals surface area contributed by atoms with E-state index in [1.807, 2.05) is 30.3 Å². The third-order valence-corrected chi connectivity index (χ3v) is 5.01. The van der Waals surface area contributed by atoms with Crippen LogP contribution in [0.2, 0.25) is 0 Å². The number of hydrogen-bond donors (Lipinski definition) is 1. The zero-order chi connectivity index (χ0) is 22.9. The Kier molecular flexibility index (Phi) is 5.64. The van der Waals surface area contributed by atoms with Gasteiger partial charge in [0.1, 0.15) is 0 Å². The normalized spacial score (nSPS) is 11.8. The largest absolute Gasteiger partial charge is 0.453 e. The van der Waals surface area contributed by atoms with Crippen molar-refractivity contribution in [2.45, 2.75) is 39.4 Å². The second-order valence-electron chi connectivity index (χ2n) is 7.37. The molecule has 0 aliphatic carbocycles. The number of anilines is 1. The molecule has 0 radical (unpaired) electrons. The fourth-order valence-corrected chi connectivity index (χ4v) is 3.44. The maximum Gasteiger partial charge on any atom is 0.453 e. The van der Waals surface area contributed by atoms with Gasteiger partial charge in [0.2, 0.25) is 5.91 Å². The molecule has 1 aromatic carbocycles. The number of amides is 1. The zero-order valence-electron chi connectivity index (χ0n) is 17.4. The Hall–Kier alpha value is -3.76. The van der Waals surface area contributed by atoms with Crippen molar-refractivity contribution in [3.63, 3.8) is 0 Å². The van der Waals surface area contributed by atoms with Gasteiger partial charge in [-0.15, -0.1) is 5.10 Å². The third-order valence-electron chi connectivity index (χ3n) is 5.01. The molecule has 0 aliphatic rings. The van der Waals surface area contributed by atoms with Crippen LogP contribution in [0.25, 0.3) is 5.78 Å². The highest BCUT2D eigenvalue weighted by Crippen LogP contribution is 2.27. The van der Waals surface area contributed by atoms with Crippen LogP contribution in [0.3, 0.4) is 0 Å². The molecule has 0 atom stereocenters. The molecule has 11 heteroatoms. The second kappa shape index (κ2) is 8.40. The second-order valence-corrected chi connectivity index (χ2v) is 7.37. The number of carbonyl (C=O) groups is 1. The Morgan fingerprint density at radius 3 is 2.59 bits per heavy atom. The van der Waals surface area contributed by atoms with Gasteiger partial charge in [-0.25, -0.2) is 9.50 Å². The van der Waals surface area contributed by atoms with E-state index < -0.39 is 12.0 Å². The number of hydrogen-bond acceptors (Lipinski definition) is 5. The SMILES string of the molecule is Cc1nc2nc(C(F)(F)F)nn2c(C)c1CCC(=O)Nc1cnn(Cc2ccccc2)c1. The summed E-state index contributed by atoms with van der Waals surface area (Å²) in [5.74, 6) is -1.60. The van der Waals surface area contributed by atoms with Gasteiger partial charge >= 0.3 is 6.18 Å². The number of aromatic nitrogens is 6. The molecule has 0 unspecified atom stereocenters. The van der Waals surface area contributed by atoms with E-state index in [9.17, 15) is 18.0 Å². The maximum atomic E-state index is 12.9. The lowest BCUT2D eigenvalue weighted by Gasteiger charge is -2.10. The van der Waals surface area contributed by atoms with Crippen molar-refractivity contribution in [2.75, 3.05) is 5.32 Å². The van der Waals surface area contributed by atoms with Gasteiger partial charge in [-0.1, -0.05) is 30.3 Å². The molecule has 3 heterocycles. The molecule has 0 saturated carbocycles. The third kappa shape index (κ3) is 4.61. The zero-order valence-corrected chi connectivity index (χ0v) is 17.4. The fourth-order valence-electron chi connectivity index (χ4n) is 3.44. The molecule has 1 N–H and O–H groups in total. The first-order valence-corrected chi connectivity index (χ1v) is 9.87.